The van der Waals surface area contributed by atoms with Gasteiger partial charge in [-0.15, -0.1) is 0 Å². The quantitative estimate of drug-likeness (QED) is 0.798. The molecule has 3 rings (SSSR count). The minimum Gasteiger partial charge on any atom is -0.313 e. The van der Waals surface area contributed by atoms with E-state index in [1.54, 1.807) is 0 Å². The van der Waals surface area contributed by atoms with E-state index in [1.807, 2.05) is 11.7 Å². The fraction of sp³-hybridized carbons (Fsp3) is 0.462. The Hall–Kier alpha value is -1.39. The van der Waals surface area contributed by atoms with Crippen molar-refractivity contribution in [1.29, 1.82) is 0 Å². The van der Waals surface area contributed by atoms with Gasteiger partial charge in [-0.2, -0.15) is 5.10 Å². The number of nitrogens with one attached hydrogen (secondary N) is 1. The molecule has 0 bridgehead atoms. The van der Waals surface area contributed by atoms with Crippen molar-refractivity contribution < 1.29 is 0 Å². The fourth-order valence-electron chi connectivity index (χ4n) is 2.60. The highest BCUT2D eigenvalue weighted by atomic mass is 15.3. The van der Waals surface area contributed by atoms with Crippen LogP contribution in [0, 0.1) is 0 Å². The molecule has 1 atom stereocenters. The summed E-state index contributed by atoms with van der Waals surface area (Å²) in [5, 5.41) is 9.42. The first kappa shape index (κ1) is 10.7. The molecule has 1 N–H and O–H groups in total. The molecular formula is C13H18N4. The molecule has 1 fully saturated rings. The maximum Gasteiger partial charge on any atom is 0.0887 e. The van der Waals surface area contributed by atoms with Crippen LogP contribution in [0.2, 0.25) is 0 Å². The predicted octanol–water partition coefficient (Wildman–Crippen LogP) is 1.15. The molecule has 1 saturated heterocycles. The Bertz CT molecular complexity index is 531. The van der Waals surface area contributed by atoms with Gasteiger partial charge in [-0.1, -0.05) is 18.2 Å². The van der Waals surface area contributed by atoms with Crippen molar-refractivity contribution >= 4 is 10.9 Å². The summed E-state index contributed by atoms with van der Waals surface area (Å²) in [6.07, 6.45) is 0. The van der Waals surface area contributed by atoms with Crippen molar-refractivity contribution in [2.75, 3.05) is 26.7 Å². The number of fused-ring (bicyclic) bond motifs is 1. The molecule has 1 aromatic carbocycles. The second-order valence-corrected chi connectivity index (χ2v) is 4.73. The van der Waals surface area contributed by atoms with Crippen molar-refractivity contribution in [2.45, 2.75) is 6.04 Å². The van der Waals surface area contributed by atoms with Crippen molar-refractivity contribution in [2.24, 2.45) is 7.05 Å². The number of aromatic nitrogens is 2. The molecule has 0 radical (unpaired) electrons. The van der Waals surface area contributed by atoms with Crippen LogP contribution in [0.15, 0.2) is 24.3 Å². The van der Waals surface area contributed by atoms with Crippen LogP contribution in [-0.2, 0) is 7.05 Å². The molecule has 90 valence electrons. The van der Waals surface area contributed by atoms with Crippen LogP contribution in [0.25, 0.3) is 10.9 Å². The van der Waals surface area contributed by atoms with Crippen molar-refractivity contribution in [3.63, 3.8) is 0 Å². The molecule has 1 aliphatic heterocycles. The minimum absolute atomic E-state index is 0.384. The molecule has 1 aromatic heterocycles. The van der Waals surface area contributed by atoms with Gasteiger partial charge in [0.1, 0.15) is 0 Å². The Balaban J connectivity index is 2.10. The van der Waals surface area contributed by atoms with E-state index in [-0.39, 0.29) is 0 Å². The summed E-state index contributed by atoms with van der Waals surface area (Å²) in [5.41, 5.74) is 2.40. The number of hydrogen-bond donors (Lipinski definition) is 1. The summed E-state index contributed by atoms with van der Waals surface area (Å²) >= 11 is 0. The maximum absolute atomic E-state index is 4.70. The lowest BCUT2D eigenvalue weighted by molar-refractivity contribution is 0.199. The lowest BCUT2D eigenvalue weighted by Crippen LogP contribution is -2.44. The summed E-state index contributed by atoms with van der Waals surface area (Å²) in [4.78, 5) is 2.38. The summed E-state index contributed by atoms with van der Waals surface area (Å²) in [7, 11) is 4.19. The van der Waals surface area contributed by atoms with Crippen molar-refractivity contribution in [3.05, 3.63) is 30.0 Å². The Morgan fingerprint density at radius 3 is 2.94 bits per heavy atom. The standard InChI is InChI=1S/C13H18N4/c1-16-8-7-14-9-12(16)13-10-5-3-4-6-11(10)17(2)15-13/h3-6,12,14H,7-9H2,1-2H3. The van der Waals surface area contributed by atoms with Gasteiger partial charge in [0.2, 0.25) is 0 Å². The van der Waals surface area contributed by atoms with Gasteiger partial charge >= 0.3 is 0 Å². The number of piperazine rings is 1. The van der Waals surface area contributed by atoms with E-state index in [2.05, 4.69) is 41.5 Å². The Kier molecular flexibility index (Phi) is 2.61. The smallest absolute Gasteiger partial charge is 0.0887 e. The Morgan fingerprint density at radius 1 is 1.29 bits per heavy atom. The molecule has 2 aromatic rings. The highest BCUT2D eigenvalue weighted by Gasteiger charge is 2.24. The third-order valence-corrected chi connectivity index (χ3v) is 3.61. The Labute approximate surface area is 101 Å². The van der Waals surface area contributed by atoms with Crippen LogP contribution in [0.5, 0.6) is 0 Å². The second kappa shape index (κ2) is 4.13. The largest absolute Gasteiger partial charge is 0.313 e. The summed E-state index contributed by atoms with van der Waals surface area (Å²) < 4.78 is 1.98. The zero-order valence-corrected chi connectivity index (χ0v) is 10.3. The third-order valence-electron chi connectivity index (χ3n) is 3.61. The molecule has 17 heavy (non-hydrogen) atoms. The van der Waals surface area contributed by atoms with E-state index in [9.17, 15) is 0 Å². The zero-order valence-electron chi connectivity index (χ0n) is 10.3. The number of nitrogens with zero attached hydrogens (tertiary/aromatic N) is 3. The Morgan fingerprint density at radius 2 is 2.12 bits per heavy atom. The lowest BCUT2D eigenvalue weighted by atomic mass is 10.1. The third kappa shape index (κ3) is 1.73. The van der Waals surface area contributed by atoms with Crippen molar-refractivity contribution in [1.82, 2.24) is 20.0 Å². The van der Waals surface area contributed by atoms with E-state index in [4.69, 9.17) is 5.10 Å². The highest BCUT2D eigenvalue weighted by molar-refractivity contribution is 5.82. The van der Waals surface area contributed by atoms with Gasteiger partial charge in [-0.05, 0) is 13.1 Å². The van der Waals surface area contributed by atoms with Crippen LogP contribution < -0.4 is 5.32 Å². The maximum atomic E-state index is 4.70. The van der Waals surface area contributed by atoms with Gasteiger partial charge in [0.05, 0.1) is 17.3 Å². The normalized spacial score (nSPS) is 22.1. The molecule has 1 unspecified atom stereocenters. The molecule has 4 heteroatoms. The second-order valence-electron chi connectivity index (χ2n) is 4.73. The highest BCUT2D eigenvalue weighted by Crippen LogP contribution is 2.27. The van der Waals surface area contributed by atoms with Crippen LogP contribution in [-0.4, -0.2) is 41.4 Å². The summed E-state index contributed by atoms with van der Waals surface area (Å²) in [5.74, 6) is 0. The number of rotatable bonds is 1. The minimum atomic E-state index is 0.384. The molecule has 4 nitrogen and oxygen atoms in total. The van der Waals surface area contributed by atoms with E-state index < -0.39 is 0 Å². The number of likely N-dealkylation sites (N-methyl/N-ethyl adjacent to an activating group) is 1. The average molecular weight is 230 g/mol. The van der Waals surface area contributed by atoms with Gasteiger partial charge in [0.15, 0.2) is 0 Å². The van der Waals surface area contributed by atoms with E-state index >= 15 is 0 Å². The van der Waals surface area contributed by atoms with Crippen LogP contribution in [0.4, 0.5) is 0 Å². The number of aryl methyl sites for hydroxylation is 1. The zero-order chi connectivity index (χ0) is 11.8. The SMILES string of the molecule is CN1CCNCC1c1nn(C)c2ccccc12. The van der Waals surface area contributed by atoms with E-state index in [1.165, 1.54) is 16.6 Å². The van der Waals surface area contributed by atoms with Gasteiger partial charge in [0.25, 0.3) is 0 Å². The van der Waals surface area contributed by atoms with Crippen LogP contribution in [0.1, 0.15) is 11.7 Å². The van der Waals surface area contributed by atoms with Crippen molar-refractivity contribution in [3.8, 4) is 0 Å². The van der Waals surface area contributed by atoms with Gasteiger partial charge in [-0.3, -0.25) is 9.58 Å². The summed E-state index contributed by atoms with van der Waals surface area (Å²) in [6.45, 7) is 3.13. The van der Waals surface area contributed by atoms with E-state index in [0.29, 0.717) is 6.04 Å². The number of hydrogen-bond acceptors (Lipinski definition) is 3. The van der Waals surface area contributed by atoms with E-state index in [0.717, 1.165) is 19.6 Å². The fourth-order valence-corrected chi connectivity index (χ4v) is 2.60. The first-order valence-electron chi connectivity index (χ1n) is 6.10. The molecule has 0 amide bonds. The molecule has 0 saturated carbocycles. The lowest BCUT2D eigenvalue weighted by Gasteiger charge is -2.32. The number of para-hydroxylation sites is 1. The summed E-state index contributed by atoms with van der Waals surface area (Å²) in [6, 6.07) is 8.83. The topological polar surface area (TPSA) is 33.1 Å². The van der Waals surface area contributed by atoms with Crippen LogP contribution in [0.3, 0.4) is 0 Å². The monoisotopic (exact) mass is 230 g/mol. The predicted molar refractivity (Wildman–Crippen MR) is 69.0 cm³/mol. The van der Waals surface area contributed by atoms with Gasteiger partial charge < -0.3 is 5.32 Å². The first-order valence-corrected chi connectivity index (χ1v) is 6.10. The first-order chi connectivity index (χ1) is 8.27. The molecule has 0 aliphatic carbocycles. The average Bonchev–Trinajstić information content (AvgIpc) is 2.68. The van der Waals surface area contributed by atoms with Crippen LogP contribution >= 0.6 is 0 Å². The molecule has 2 heterocycles. The van der Waals surface area contributed by atoms with Gasteiger partial charge in [-0.25, -0.2) is 0 Å². The molecular weight excluding hydrogens is 212 g/mol. The van der Waals surface area contributed by atoms with Gasteiger partial charge in [0, 0.05) is 32.1 Å². The molecule has 1 aliphatic rings. The molecule has 0 spiro atoms. The number of benzene rings is 1.